The van der Waals surface area contributed by atoms with Crippen LogP contribution < -0.4 is 0 Å². The highest BCUT2D eigenvalue weighted by atomic mass is 79.9. The van der Waals surface area contributed by atoms with Gasteiger partial charge in [-0.2, -0.15) is 0 Å². The third-order valence-electron chi connectivity index (χ3n) is 2.19. The number of thiophene rings is 1. The van der Waals surface area contributed by atoms with Crippen LogP contribution in [0.5, 0.6) is 0 Å². The molecular formula is C12H16BrNO3S. The molecule has 0 spiro atoms. The Morgan fingerprint density at radius 3 is 2.61 bits per heavy atom. The summed E-state index contributed by atoms with van der Waals surface area (Å²) in [5.74, 6) is -0.490. The monoisotopic (exact) mass is 333 g/mol. The maximum Gasteiger partial charge on any atom is 0.325 e. The van der Waals surface area contributed by atoms with Crippen molar-refractivity contribution >= 4 is 39.1 Å². The maximum atomic E-state index is 12.2. The van der Waals surface area contributed by atoms with Crippen molar-refractivity contribution < 1.29 is 14.3 Å². The second kappa shape index (κ2) is 7.53. The molecule has 6 heteroatoms. The van der Waals surface area contributed by atoms with E-state index in [0.29, 0.717) is 18.0 Å². The zero-order valence-electron chi connectivity index (χ0n) is 10.4. The van der Waals surface area contributed by atoms with Crippen molar-refractivity contribution in [2.75, 3.05) is 19.7 Å². The van der Waals surface area contributed by atoms with Crippen LogP contribution in [0.25, 0.3) is 0 Å². The molecule has 0 atom stereocenters. The van der Waals surface area contributed by atoms with E-state index in [4.69, 9.17) is 4.74 Å². The van der Waals surface area contributed by atoms with Crippen molar-refractivity contribution in [2.45, 2.75) is 20.3 Å². The molecule has 0 aliphatic heterocycles. The van der Waals surface area contributed by atoms with E-state index in [9.17, 15) is 9.59 Å². The first-order chi connectivity index (χ1) is 8.58. The standard InChI is InChI=1S/C12H16BrNO3S/c1-3-7-14(8-11(15)17-4-2)12(16)9-5-6-10(13)18-9/h5-6H,3-4,7-8H2,1-2H3. The first-order valence-corrected chi connectivity index (χ1v) is 7.39. The molecule has 0 aliphatic carbocycles. The quantitative estimate of drug-likeness (QED) is 0.752. The summed E-state index contributed by atoms with van der Waals surface area (Å²) < 4.78 is 5.77. The molecule has 0 saturated carbocycles. The van der Waals surface area contributed by atoms with Crippen LogP contribution in [0.1, 0.15) is 29.9 Å². The summed E-state index contributed by atoms with van der Waals surface area (Å²) in [6.45, 7) is 4.61. The van der Waals surface area contributed by atoms with Crippen molar-refractivity contribution in [3.05, 3.63) is 20.8 Å². The normalized spacial score (nSPS) is 10.2. The van der Waals surface area contributed by atoms with Gasteiger partial charge in [0, 0.05) is 6.54 Å². The van der Waals surface area contributed by atoms with E-state index < -0.39 is 0 Å². The third-order valence-corrected chi connectivity index (χ3v) is 3.80. The van der Waals surface area contributed by atoms with E-state index in [-0.39, 0.29) is 18.4 Å². The largest absolute Gasteiger partial charge is 0.465 e. The van der Waals surface area contributed by atoms with Crippen molar-refractivity contribution in [3.8, 4) is 0 Å². The van der Waals surface area contributed by atoms with Crippen LogP contribution >= 0.6 is 27.3 Å². The molecule has 0 aromatic carbocycles. The van der Waals surface area contributed by atoms with Gasteiger partial charge in [-0.15, -0.1) is 11.3 Å². The minimum absolute atomic E-state index is 0.00995. The van der Waals surface area contributed by atoms with Crippen molar-refractivity contribution in [1.29, 1.82) is 0 Å². The Hall–Kier alpha value is -0.880. The minimum atomic E-state index is -0.366. The second-order valence-electron chi connectivity index (χ2n) is 3.64. The SMILES string of the molecule is CCCN(CC(=O)OCC)C(=O)c1ccc(Br)s1. The lowest BCUT2D eigenvalue weighted by molar-refractivity contribution is -0.143. The molecule has 0 aliphatic rings. The second-order valence-corrected chi connectivity index (χ2v) is 6.10. The van der Waals surface area contributed by atoms with Gasteiger partial charge in [-0.25, -0.2) is 0 Å². The van der Waals surface area contributed by atoms with Gasteiger partial charge < -0.3 is 9.64 Å². The fourth-order valence-electron chi connectivity index (χ4n) is 1.47. The molecule has 0 N–H and O–H groups in total. The van der Waals surface area contributed by atoms with Gasteiger partial charge in [0.2, 0.25) is 0 Å². The summed E-state index contributed by atoms with van der Waals surface area (Å²) >= 11 is 4.68. The first-order valence-electron chi connectivity index (χ1n) is 5.78. The highest BCUT2D eigenvalue weighted by molar-refractivity contribution is 9.11. The number of nitrogens with zero attached hydrogens (tertiary/aromatic N) is 1. The topological polar surface area (TPSA) is 46.6 Å². The third kappa shape index (κ3) is 4.42. The lowest BCUT2D eigenvalue weighted by atomic mass is 10.3. The Morgan fingerprint density at radius 2 is 2.11 bits per heavy atom. The van der Waals surface area contributed by atoms with Gasteiger partial charge in [-0.3, -0.25) is 9.59 Å². The number of carbonyl (C=O) groups excluding carboxylic acids is 2. The maximum absolute atomic E-state index is 12.2. The number of ether oxygens (including phenoxy) is 1. The number of esters is 1. The molecule has 4 nitrogen and oxygen atoms in total. The van der Waals surface area contributed by atoms with Gasteiger partial charge in [0.15, 0.2) is 0 Å². The van der Waals surface area contributed by atoms with E-state index in [1.54, 1.807) is 13.0 Å². The molecule has 1 rings (SSSR count). The van der Waals surface area contributed by atoms with Gasteiger partial charge in [0.05, 0.1) is 15.3 Å². The van der Waals surface area contributed by atoms with Gasteiger partial charge in [-0.05, 0) is 41.4 Å². The smallest absolute Gasteiger partial charge is 0.325 e. The van der Waals surface area contributed by atoms with Crippen LogP contribution in [-0.4, -0.2) is 36.5 Å². The molecule has 18 heavy (non-hydrogen) atoms. The predicted octanol–water partition coefficient (Wildman–Crippen LogP) is 2.93. The van der Waals surface area contributed by atoms with Crippen LogP contribution in [0.15, 0.2) is 15.9 Å². The summed E-state index contributed by atoms with van der Waals surface area (Å²) in [4.78, 5) is 25.8. The van der Waals surface area contributed by atoms with Crippen LogP contribution in [0, 0.1) is 0 Å². The average Bonchev–Trinajstić information content (AvgIpc) is 2.75. The average molecular weight is 334 g/mol. The predicted molar refractivity (Wildman–Crippen MR) is 74.8 cm³/mol. The molecule has 0 radical (unpaired) electrons. The van der Waals surface area contributed by atoms with Gasteiger partial charge in [0.1, 0.15) is 6.54 Å². The van der Waals surface area contributed by atoms with Crippen molar-refractivity contribution in [1.82, 2.24) is 4.90 Å². The summed E-state index contributed by atoms with van der Waals surface area (Å²) in [6, 6.07) is 3.58. The molecule has 0 saturated heterocycles. The molecule has 1 aromatic rings. The number of rotatable bonds is 6. The van der Waals surface area contributed by atoms with Crippen LogP contribution in [0.2, 0.25) is 0 Å². The van der Waals surface area contributed by atoms with Gasteiger partial charge >= 0.3 is 5.97 Å². The Kier molecular flexibility index (Phi) is 6.35. The first kappa shape index (κ1) is 15.2. The fourth-order valence-corrected chi connectivity index (χ4v) is 2.82. The molecule has 0 unspecified atom stereocenters. The highest BCUT2D eigenvalue weighted by Gasteiger charge is 2.20. The summed E-state index contributed by atoms with van der Waals surface area (Å²) in [5, 5.41) is 0. The Labute approximate surface area is 119 Å². The molecule has 1 heterocycles. The molecule has 1 amide bonds. The van der Waals surface area contributed by atoms with E-state index >= 15 is 0 Å². The van der Waals surface area contributed by atoms with Crippen LogP contribution in [-0.2, 0) is 9.53 Å². The zero-order chi connectivity index (χ0) is 13.5. The van der Waals surface area contributed by atoms with Crippen LogP contribution in [0.3, 0.4) is 0 Å². The van der Waals surface area contributed by atoms with Crippen molar-refractivity contribution in [3.63, 3.8) is 0 Å². The van der Waals surface area contributed by atoms with Gasteiger partial charge in [-0.1, -0.05) is 6.92 Å². The van der Waals surface area contributed by atoms with E-state index in [1.807, 2.05) is 13.0 Å². The molecular weight excluding hydrogens is 318 g/mol. The van der Waals surface area contributed by atoms with Crippen LogP contribution in [0.4, 0.5) is 0 Å². The minimum Gasteiger partial charge on any atom is -0.465 e. The number of hydrogen-bond acceptors (Lipinski definition) is 4. The summed E-state index contributed by atoms with van der Waals surface area (Å²) in [6.07, 6.45) is 0.803. The Bertz CT molecular complexity index is 419. The number of amides is 1. The van der Waals surface area contributed by atoms with Gasteiger partial charge in [0.25, 0.3) is 5.91 Å². The Morgan fingerprint density at radius 1 is 1.39 bits per heavy atom. The molecule has 100 valence electrons. The molecule has 1 aromatic heterocycles. The van der Waals surface area contributed by atoms with E-state index in [2.05, 4.69) is 15.9 Å². The number of halogens is 1. The fraction of sp³-hybridized carbons (Fsp3) is 0.500. The summed E-state index contributed by atoms with van der Waals surface area (Å²) in [7, 11) is 0. The van der Waals surface area contributed by atoms with E-state index in [0.717, 1.165) is 10.2 Å². The number of carbonyl (C=O) groups is 2. The molecule has 0 bridgehead atoms. The highest BCUT2D eigenvalue weighted by Crippen LogP contribution is 2.23. The lowest BCUT2D eigenvalue weighted by Gasteiger charge is -2.20. The molecule has 0 fully saturated rings. The number of hydrogen-bond donors (Lipinski definition) is 0. The summed E-state index contributed by atoms with van der Waals surface area (Å²) in [5.41, 5.74) is 0. The zero-order valence-corrected chi connectivity index (χ0v) is 12.8. The van der Waals surface area contributed by atoms with Crippen molar-refractivity contribution in [2.24, 2.45) is 0 Å². The van der Waals surface area contributed by atoms with E-state index in [1.165, 1.54) is 16.2 Å². The Balaban J connectivity index is 2.71. The lowest BCUT2D eigenvalue weighted by Crippen LogP contribution is -2.36.